The first kappa shape index (κ1) is 13.9. The first-order chi connectivity index (χ1) is 8.63. The molecule has 3 N–H and O–H groups in total. The number of amides is 2. The van der Waals surface area contributed by atoms with Crippen molar-refractivity contribution in [1.82, 2.24) is 15.6 Å². The Morgan fingerprint density at radius 2 is 2.17 bits per heavy atom. The molecule has 1 rings (SSSR count). The van der Waals surface area contributed by atoms with Gasteiger partial charge in [-0.25, -0.2) is 0 Å². The number of hydrogen-bond donors (Lipinski definition) is 3. The second kappa shape index (κ2) is 7.23. The lowest BCUT2D eigenvalue weighted by Crippen LogP contribution is -2.38. The fourth-order valence-electron chi connectivity index (χ4n) is 1.17. The predicted molar refractivity (Wildman–Crippen MR) is 63.1 cm³/mol. The van der Waals surface area contributed by atoms with Crippen molar-refractivity contribution in [2.75, 3.05) is 26.8 Å². The zero-order chi connectivity index (χ0) is 13.4. The van der Waals surface area contributed by atoms with E-state index in [1.165, 1.54) is 25.6 Å². The Labute approximate surface area is 104 Å². The van der Waals surface area contributed by atoms with Gasteiger partial charge in [-0.3, -0.25) is 14.6 Å². The Morgan fingerprint density at radius 1 is 1.39 bits per heavy atom. The molecule has 0 radical (unpaired) electrons. The van der Waals surface area contributed by atoms with E-state index in [1.807, 2.05) is 0 Å². The van der Waals surface area contributed by atoms with Crippen LogP contribution in [0.2, 0.25) is 0 Å². The van der Waals surface area contributed by atoms with Gasteiger partial charge in [0.2, 0.25) is 5.91 Å². The monoisotopic (exact) mass is 253 g/mol. The molecule has 7 nitrogen and oxygen atoms in total. The third-order valence-corrected chi connectivity index (χ3v) is 2.02. The number of aromatic hydroxyl groups is 1. The molecule has 0 saturated heterocycles. The molecule has 0 saturated carbocycles. The number of nitrogens with zero attached hydrogens (tertiary/aromatic N) is 1. The van der Waals surface area contributed by atoms with E-state index in [1.54, 1.807) is 0 Å². The maximum atomic E-state index is 11.6. The molecular weight excluding hydrogens is 238 g/mol. The third-order valence-electron chi connectivity index (χ3n) is 2.02. The molecule has 1 aromatic rings. The highest BCUT2D eigenvalue weighted by atomic mass is 16.5. The molecule has 0 aliphatic carbocycles. The van der Waals surface area contributed by atoms with Crippen LogP contribution in [0.1, 0.15) is 10.4 Å². The van der Waals surface area contributed by atoms with Crippen LogP contribution in [0.3, 0.4) is 0 Å². The summed E-state index contributed by atoms with van der Waals surface area (Å²) in [6, 6.07) is 1.27. The van der Waals surface area contributed by atoms with E-state index >= 15 is 0 Å². The summed E-state index contributed by atoms with van der Waals surface area (Å²) in [6.07, 6.45) is 2.52. The number of carbonyl (C=O) groups is 2. The van der Waals surface area contributed by atoms with E-state index in [0.29, 0.717) is 13.2 Å². The third kappa shape index (κ3) is 4.79. The molecule has 2 amide bonds. The van der Waals surface area contributed by atoms with Crippen LogP contribution in [0, 0.1) is 0 Å². The minimum absolute atomic E-state index is 0.104. The van der Waals surface area contributed by atoms with Gasteiger partial charge < -0.3 is 20.5 Å². The number of methoxy groups -OCH3 is 1. The molecule has 0 fully saturated rings. The Bertz CT molecular complexity index is 423. The van der Waals surface area contributed by atoms with Crippen LogP contribution in [0.5, 0.6) is 5.75 Å². The minimum atomic E-state index is -0.472. The van der Waals surface area contributed by atoms with Gasteiger partial charge in [-0.05, 0) is 6.07 Å². The largest absolute Gasteiger partial charge is 0.506 e. The quantitative estimate of drug-likeness (QED) is 0.581. The lowest BCUT2D eigenvalue weighted by Gasteiger charge is -2.06. The van der Waals surface area contributed by atoms with Crippen LogP contribution in [0.15, 0.2) is 18.5 Å². The highest BCUT2D eigenvalue weighted by Crippen LogP contribution is 2.07. The summed E-state index contributed by atoms with van der Waals surface area (Å²) >= 11 is 0. The summed E-state index contributed by atoms with van der Waals surface area (Å²) in [6.45, 7) is 0.660. The number of hydrogen-bond acceptors (Lipinski definition) is 5. The summed E-state index contributed by atoms with van der Waals surface area (Å²) < 4.78 is 4.76. The first-order valence-electron chi connectivity index (χ1n) is 5.31. The number of nitrogens with one attached hydrogen (secondary N) is 2. The van der Waals surface area contributed by atoms with E-state index in [4.69, 9.17) is 9.84 Å². The van der Waals surface area contributed by atoms with E-state index in [2.05, 4.69) is 15.6 Å². The smallest absolute Gasteiger partial charge is 0.253 e. The van der Waals surface area contributed by atoms with Gasteiger partial charge in [-0.2, -0.15) is 0 Å². The van der Waals surface area contributed by atoms with E-state index < -0.39 is 5.91 Å². The predicted octanol–water partition coefficient (Wildman–Crippen LogP) is -0.720. The Kier molecular flexibility index (Phi) is 5.59. The summed E-state index contributed by atoms with van der Waals surface area (Å²) in [7, 11) is 1.53. The van der Waals surface area contributed by atoms with Crippen LogP contribution in [-0.4, -0.2) is 48.7 Å². The van der Waals surface area contributed by atoms with Crippen molar-refractivity contribution in [3.05, 3.63) is 24.0 Å². The van der Waals surface area contributed by atoms with Gasteiger partial charge >= 0.3 is 0 Å². The Morgan fingerprint density at radius 3 is 2.83 bits per heavy atom. The SMILES string of the molecule is COCCNC(=O)CNC(=O)c1cncc(O)c1. The number of carbonyl (C=O) groups excluding carboxylic acids is 2. The molecule has 0 atom stereocenters. The van der Waals surface area contributed by atoms with Crippen LogP contribution in [-0.2, 0) is 9.53 Å². The molecule has 0 spiro atoms. The summed E-state index contributed by atoms with van der Waals surface area (Å²) in [5.41, 5.74) is 0.194. The van der Waals surface area contributed by atoms with Gasteiger partial charge in [0.05, 0.1) is 24.9 Å². The first-order valence-corrected chi connectivity index (χ1v) is 5.31. The van der Waals surface area contributed by atoms with Crippen molar-refractivity contribution in [3.8, 4) is 5.75 Å². The minimum Gasteiger partial charge on any atom is -0.506 e. The second-order valence-corrected chi connectivity index (χ2v) is 3.46. The molecular formula is C11H15N3O4. The number of pyridine rings is 1. The molecule has 0 bridgehead atoms. The normalized spacial score (nSPS) is 9.83. The average Bonchev–Trinajstić information content (AvgIpc) is 2.36. The number of rotatable bonds is 6. The van der Waals surface area contributed by atoms with Crippen LogP contribution >= 0.6 is 0 Å². The van der Waals surface area contributed by atoms with Gasteiger partial charge in [-0.15, -0.1) is 0 Å². The van der Waals surface area contributed by atoms with Crippen molar-refractivity contribution in [3.63, 3.8) is 0 Å². The maximum Gasteiger partial charge on any atom is 0.253 e. The van der Waals surface area contributed by atoms with Crippen LogP contribution in [0.4, 0.5) is 0 Å². The molecule has 1 heterocycles. The lowest BCUT2D eigenvalue weighted by atomic mass is 10.2. The Balaban J connectivity index is 2.35. The van der Waals surface area contributed by atoms with Crippen molar-refractivity contribution < 1.29 is 19.4 Å². The Hall–Kier alpha value is -2.15. The fourth-order valence-corrected chi connectivity index (χ4v) is 1.17. The summed E-state index contributed by atoms with van der Waals surface area (Å²) in [5.74, 6) is -0.888. The lowest BCUT2D eigenvalue weighted by molar-refractivity contribution is -0.120. The van der Waals surface area contributed by atoms with Gasteiger partial charge in [-0.1, -0.05) is 0 Å². The van der Waals surface area contributed by atoms with Gasteiger partial charge in [0, 0.05) is 19.9 Å². The highest BCUT2D eigenvalue weighted by molar-refractivity contribution is 5.96. The van der Waals surface area contributed by atoms with Crippen LogP contribution in [0.25, 0.3) is 0 Å². The average molecular weight is 253 g/mol. The van der Waals surface area contributed by atoms with Crippen LogP contribution < -0.4 is 10.6 Å². The second-order valence-electron chi connectivity index (χ2n) is 3.46. The van der Waals surface area contributed by atoms with E-state index in [0.717, 1.165) is 0 Å². The zero-order valence-corrected chi connectivity index (χ0v) is 9.97. The summed E-state index contributed by atoms with van der Waals surface area (Å²) in [5, 5.41) is 14.1. The molecule has 18 heavy (non-hydrogen) atoms. The molecule has 0 aromatic carbocycles. The molecule has 0 aliphatic heterocycles. The highest BCUT2D eigenvalue weighted by Gasteiger charge is 2.08. The van der Waals surface area contributed by atoms with E-state index in [-0.39, 0.29) is 23.8 Å². The molecule has 7 heteroatoms. The molecule has 0 unspecified atom stereocenters. The summed E-state index contributed by atoms with van der Waals surface area (Å²) in [4.78, 5) is 26.5. The van der Waals surface area contributed by atoms with E-state index in [9.17, 15) is 9.59 Å². The van der Waals surface area contributed by atoms with Gasteiger partial charge in [0.15, 0.2) is 0 Å². The fraction of sp³-hybridized carbons (Fsp3) is 0.364. The van der Waals surface area contributed by atoms with Crippen molar-refractivity contribution in [2.45, 2.75) is 0 Å². The topological polar surface area (TPSA) is 101 Å². The van der Waals surface area contributed by atoms with Crippen molar-refractivity contribution in [2.24, 2.45) is 0 Å². The van der Waals surface area contributed by atoms with Gasteiger partial charge in [0.1, 0.15) is 5.75 Å². The maximum absolute atomic E-state index is 11.6. The molecule has 98 valence electrons. The van der Waals surface area contributed by atoms with Crippen molar-refractivity contribution in [1.29, 1.82) is 0 Å². The molecule has 1 aromatic heterocycles. The zero-order valence-electron chi connectivity index (χ0n) is 9.97. The molecule has 0 aliphatic rings. The number of ether oxygens (including phenoxy) is 1. The number of aromatic nitrogens is 1. The van der Waals surface area contributed by atoms with Crippen molar-refractivity contribution >= 4 is 11.8 Å². The van der Waals surface area contributed by atoms with Gasteiger partial charge in [0.25, 0.3) is 5.91 Å². The standard InChI is InChI=1S/C11H15N3O4/c1-18-3-2-13-10(16)7-14-11(17)8-4-9(15)6-12-5-8/h4-6,15H,2-3,7H2,1H3,(H,13,16)(H,14,17).